The first-order valence-electron chi connectivity index (χ1n) is 10.1. The number of nitrogens with zero attached hydrogens (tertiary/aromatic N) is 2. The van der Waals surface area contributed by atoms with Crippen LogP contribution in [0, 0.1) is 5.92 Å². The molecule has 1 atom stereocenters. The van der Waals surface area contributed by atoms with Gasteiger partial charge in [-0.2, -0.15) is 8.75 Å². The first kappa shape index (κ1) is 19.2. The molecule has 0 amide bonds. The number of hydrogen-bond acceptors (Lipinski definition) is 7. The fourth-order valence-corrected chi connectivity index (χ4v) is 5.08. The third-order valence-electron chi connectivity index (χ3n) is 6.15. The van der Waals surface area contributed by atoms with Gasteiger partial charge in [-0.25, -0.2) is 4.79 Å². The fraction of sp³-hybridized carbons (Fsp3) is 0.348. The van der Waals surface area contributed by atoms with Crippen molar-refractivity contribution >= 4 is 34.3 Å². The van der Waals surface area contributed by atoms with E-state index in [0.29, 0.717) is 40.4 Å². The molecule has 1 aliphatic carbocycles. The maximum absolute atomic E-state index is 13.0. The van der Waals surface area contributed by atoms with Crippen molar-refractivity contribution in [2.24, 2.45) is 5.92 Å². The Bertz CT molecular complexity index is 1130. The van der Waals surface area contributed by atoms with E-state index in [9.17, 15) is 9.90 Å². The minimum Gasteiger partial charge on any atom is -0.497 e. The molecular weight excluding hydrogens is 400 g/mol. The zero-order valence-electron chi connectivity index (χ0n) is 16.6. The van der Waals surface area contributed by atoms with E-state index >= 15 is 0 Å². The number of fused-ring (bicyclic) bond motifs is 1. The highest BCUT2D eigenvalue weighted by Gasteiger charge is 2.48. The monoisotopic (exact) mass is 422 g/mol. The van der Waals surface area contributed by atoms with Gasteiger partial charge >= 0.3 is 5.97 Å². The lowest BCUT2D eigenvalue weighted by molar-refractivity contribution is -0.185. The predicted octanol–water partition coefficient (Wildman–Crippen LogP) is 4.44. The summed E-state index contributed by atoms with van der Waals surface area (Å²) in [6, 6.07) is 12.6. The van der Waals surface area contributed by atoms with Gasteiger partial charge in [0.05, 0.1) is 24.4 Å². The lowest BCUT2D eigenvalue weighted by atomic mass is 9.85. The Morgan fingerprint density at radius 1 is 1.13 bits per heavy atom. The Labute approximate surface area is 178 Å². The van der Waals surface area contributed by atoms with E-state index in [2.05, 4.69) is 8.75 Å². The van der Waals surface area contributed by atoms with Crippen LogP contribution in [0.25, 0.3) is 16.6 Å². The van der Waals surface area contributed by atoms with Crippen molar-refractivity contribution in [3.63, 3.8) is 0 Å². The zero-order chi connectivity index (χ0) is 20.7. The van der Waals surface area contributed by atoms with E-state index in [-0.39, 0.29) is 0 Å². The van der Waals surface area contributed by atoms with Crippen molar-refractivity contribution in [3.8, 4) is 5.75 Å². The van der Waals surface area contributed by atoms with Crippen LogP contribution < -0.4 is 4.74 Å². The molecule has 30 heavy (non-hydrogen) atoms. The summed E-state index contributed by atoms with van der Waals surface area (Å²) < 4.78 is 19.4. The number of rotatable bonds is 5. The molecule has 1 fully saturated rings. The van der Waals surface area contributed by atoms with Gasteiger partial charge in [-0.15, -0.1) is 0 Å². The molecule has 6 nitrogen and oxygen atoms in total. The van der Waals surface area contributed by atoms with Crippen LogP contribution in [0.1, 0.15) is 43.2 Å². The van der Waals surface area contributed by atoms with Gasteiger partial charge in [0.25, 0.3) is 5.79 Å². The van der Waals surface area contributed by atoms with Crippen LogP contribution in [-0.4, -0.2) is 26.9 Å². The Hall–Kier alpha value is -2.77. The van der Waals surface area contributed by atoms with E-state index in [4.69, 9.17) is 9.47 Å². The molecule has 2 heterocycles. The highest BCUT2D eigenvalue weighted by Crippen LogP contribution is 2.48. The number of aliphatic hydroxyl groups is 1. The molecule has 1 unspecified atom stereocenters. The Morgan fingerprint density at radius 2 is 1.87 bits per heavy atom. The minimum absolute atomic E-state index is 0.430. The van der Waals surface area contributed by atoms with Crippen molar-refractivity contribution in [2.75, 3.05) is 7.11 Å². The number of esters is 1. The normalized spacial score (nSPS) is 22.1. The van der Waals surface area contributed by atoms with Crippen LogP contribution in [-0.2, 0) is 15.3 Å². The second kappa shape index (κ2) is 7.49. The van der Waals surface area contributed by atoms with Crippen LogP contribution in [0.4, 0.5) is 0 Å². The summed E-state index contributed by atoms with van der Waals surface area (Å²) in [5.41, 5.74) is 3.83. The molecule has 0 bridgehead atoms. The topological polar surface area (TPSA) is 81.5 Å². The summed E-state index contributed by atoms with van der Waals surface area (Å²) in [7, 11) is 1.59. The van der Waals surface area contributed by atoms with Gasteiger partial charge < -0.3 is 14.6 Å². The van der Waals surface area contributed by atoms with Gasteiger partial charge in [-0.05, 0) is 54.3 Å². The molecule has 5 rings (SSSR count). The number of ether oxygens (including phenoxy) is 2. The van der Waals surface area contributed by atoms with E-state index in [1.165, 1.54) is 12.8 Å². The summed E-state index contributed by atoms with van der Waals surface area (Å²) in [5, 5.41) is 11.7. The maximum Gasteiger partial charge on any atom is 0.341 e. The third-order valence-corrected chi connectivity index (χ3v) is 6.70. The molecule has 2 aromatic carbocycles. The highest BCUT2D eigenvalue weighted by atomic mass is 32.1. The number of hydrogen-bond donors (Lipinski definition) is 1. The summed E-state index contributed by atoms with van der Waals surface area (Å²) in [6.07, 6.45) is 5.17. The summed E-state index contributed by atoms with van der Waals surface area (Å²) >= 11 is 1.14. The average molecular weight is 423 g/mol. The molecule has 1 N–H and O–H groups in total. The van der Waals surface area contributed by atoms with E-state index in [1.807, 2.05) is 18.2 Å². The second-order valence-electron chi connectivity index (χ2n) is 7.94. The second-order valence-corrected chi connectivity index (χ2v) is 8.47. The number of benzene rings is 2. The molecule has 0 radical (unpaired) electrons. The Kier molecular flexibility index (Phi) is 4.79. The van der Waals surface area contributed by atoms with Crippen LogP contribution in [0.5, 0.6) is 5.75 Å². The summed E-state index contributed by atoms with van der Waals surface area (Å²) in [5.74, 6) is -1.19. The van der Waals surface area contributed by atoms with Crippen LogP contribution in [0.3, 0.4) is 0 Å². The molecule has 7 heteroatoms. The standard InChI is InChI=1S/C23H22N2O4S/c1-28-17-9-7-16(8-10-17)23(27)18(12-14-4-2-3-5-14)21(22(26)29-23)15-6-11-19-20(13-15)25-30-24-19/h6-11,13-14,27H,2-5,12H2,1H3. The number of aromatic nitrogens is 2. The number of carbonyl (C=O) groups is 1. The van der Waals surface area contributed by atoms with Gasteiger partial charge in [0, 0.05) is 11.1 Å². The van der Waals surface area contributed by atoms with Crippen LogP contribution in [0.15, 0.2) is 48.0 Å². The van der Waals surface area contributed by atoms with Gasteiger partial charge in [0.1, 0.15) is 16.8 Å². The first-order valence-corrected chi connectivity index (χ1v) is 10.9. The van der Waals surface area contributed by atoms with Crippen molar-refractivity contribution in [3.05, 3.63) is 59.2 Å². The predicted molar refractivity (Wildman–Crippen MR) is 114 cm³/mol. The molecular formula is C23H22N2O4S. The van der Waals surface area contributed by atoms with Gasteiger partial charge in [0.2, 0.25) is 0 Å². The van der Waals surface area contributed by atoms with Gasteiger partial charge in [0.15, 0.2) is 0 Å². The van der Waals surface area contributed by atoms with Crippen molar-refractivity contribution < 1.29 is 19.4 Å². The molecule has 1 saturated carbocycles. The molecule has 154 valence electrons. The number of methoxy groups -OCH3 is 1. The highest BCUT2D eigenvalue weighted by molar-refractivity contribution is 7.00. The number of cyclic esters (lactones) is 1. The quantitative estimate of drug-likeness (QED) is 0.613. The van der Waals surface area contributed by atoms with Crippen LogP contribution in [0.2, 0.25) is 0 Å². The molecule has 1 aliphatic heterocycles. The molecule has 0 saturated heterocycles. The molecule has 3 aromatic rings. The van der Waals surface area contributed by atoms with Crippen molar-refractivity contribution in [1.29, 1.82) is 0 Å². The van der Waals surface area contributed by atoms with Gasteiger partial charge in [-0.1, -0.05) is 31.7 Å². The van der Waals surface area contributed by atoms with E-state index in [0.717, 1.165) is 35.6 Å². The molecule has 0 spiro atoms. The fourth-order valence-electron chi connectivity index (χ4n) is 4.56. The molecule has 1 aromatic heterocycles. The summed E-state index contributed by atoms with van der Waals surface area (Å²) in [6.45, 7) is 0. The largest absolute Gasteiger partial charge is 0.497 e. The Balaban J connectivity index is 1.65. The lowest BCUT2D eigenvalue weighted by Crippen LogP contribution is -2.29. The smallest absolute Gasteiger partial charge is 0.341 e. The average Bonchev–Trinajstić information content (AvgIpc) is 3.49. The third kappa shape index (κ3) is 3.18. The van der Waals surface area contributed by atoms with Crippen LogP contribution >= 0.6 is 11.7 Å². The summed E-state index contributed by atoms with van der Waals surface area (Å²) in [4.78, 5) is 13.0. The maximum atomic E-state index is 13.0. The molecule has 2 aliphatic rings. The van der Waals surface area contributed by atoms with Crippen molar-refractivity contribution in [1.82, 2.24) is 8.75 Å². The minimum atomic E-state index is -1.78. The first-order chi connectivity index (χ1) is 14.6. The lowest BCUT2D eigenvalue weighted by Gasteiger charge is -2.27. The zero-order valence-corrected chi connectivity index (χ0v) is 17.4. The van der Waals surface area contributed by atoms with E-state index < -0.39 is 11.8 Å². The SMILES string of the molecule is COc1ccc(C2(O)OC(=O)C(c3ccc4nsnc4c3)=C2CC2CCCC2)cc1. The van der Waals surface area contributed by atoms with E-state index in [1.54, 1.807) is 31.4 Å². The Morgan fingerprint density at radius 3 is 2.60 bits per heavy atom. The number of carbonyl (C=O) groups excluding carboxylic acids is 1. The van der Waals surface area contributed by atoms with Gasteiger partial charge in [-0.3, -0.25) is 0 Å². The van der Waals surface area contributed by atoms with Crippen molar-refractivity contribution in [2.45, 2.75) is 37.9 Å².